The summed E-state index contributed by atoms with van der Waals surface area (Å²) in [5, 5.41) is 2.61. The molecule has 8 heteroatoms. The number of hydrogen-bond donors (Lipinski definition) is 3. The van der Waals surface area contributed by atoms with Crippen molar-refractivity contribution in [3.8, 4) is 0 Å². The largest absolute Gasteiger partial charge is 0.399 e. The third kappa shape index (κ3) is 3.82. The summed E-state index contributed by atoms with van der Waals surface area (Å²) in [6.45, 7) is 1.18. The molecule has 0 unspecified atom stereocenters. The monoisotopic (exact) mass is 346 g/mol. The third-order valence-corrected chi connectivity index (χ3v) is 3.43. The number of halogens is 1. The Morgan fingerprint density at radius 3 is 2.38 bits per heavy atom. The highest BCUT2D eigenvalue weighted by atomic mass is 35.5. The fourth-order valence-corrected chi connectivity index (χ4v) is 2.18. The van der Waals surface area contributed by atoms with Crippen molar-refractivity contribution < 1.29 is 14.4 Å². The minimum Gasteiger partial charge on any atom is -0.399 e. The van der Waals surface area contributed by atoms with Crippen molar-refractivity contribution in [3.63, 3.8) is 0 Å². The van der Waals surface area contributed by atoms with Crippen LogP contribution < -0.4 is 21.7 Å². The van der Waals surface area contributed by atoms with E-state index in [0.717, 1.165) is 4.90 Å². The van der Waals surface area contributed by atoms with E-state index >= 15 is 0 Å². The van der Waals surface area contributed by atoms with Gasteiger partial charge in [-0.15, -0.1) is 0 Å². The number of anilines is 4. The van der Waals surface area contributed by atoms with Crippen molar-refractivity contribution in [1.29, 1.82) is 0 Å². The number of carbonyl (C=O) groups is 3. The van der Waals surface area contributed by atoms with Gasteiger partial charge in [-0.05, 0) is 36.4 Å². The summed E-state index contributed by atoms with van der Waals surface area (Å²) >= 11 is 5.86. The zero-order valence-electron chi connectivity index (χ0n) is 12.7. The van der Waals surface area contributed by atoms with E-state index in [9.17, 15) is 14.4 Å². The van der Waals surface area contributed by atoms with Gasteiger partial charge in [0.1, 0.15) is 0 Å². The van der Waals surface area contributed by atoms with E-state index in [-0.39, 0.29) is 16.4 Å². The molecular weight excluding hydrogens is 332 g/mol. The van der Waals surface area contributed by atoms with Gasteiger partial charge < -0.3 is 16.8 Å². The van der Waals surface area contributed by atoms with E-state index in [1.807, 2.05) is 0 Å². The van der Waals surface area contributed by atoms with Crippen molar-refractivity contribution in [1.82, 2.24) is 0 Å². The zero-order valence-corrected chi connectivity index (χ0v) is 13.5. The van der Waals surface area contributed by atoms with Crippen LogP contribution in [-0.2, 0) is 14.4 Å². The van der Waals surface area contributed by atoms with Crippen LogP contribution in [0.2, 0.25) is 5.02 Å². The van der Waals surface area contributed by atoms with Crippen LogP contribution in [0.3, 0.4) is 0 Å². The second-order valence-electron chi connectivity index (χ2n) is 4.94. The van der Waals surface area contributed by atoms with E-state index in [2.05, 4.69) is 5.32 Å². The summed E-state index contributed by atoms with van der Waals surface area (Å²) in [7, 11) is 0. The molecule has 5 N–H and O–H groups in total. The number of hydrogen-bond acceptors (Lipinski definition) is 5. The van der Waals surface area contributed by atoms with Crippen LogP contribution >= 0.6 is 11.6 Å². The highest BCUT2D eigenvalue weighted by Gasteiger charge is 2.27. The Morgan fingerprint density at radius 1 is 1.08 bits per heavy atom. The molecule has 0 heterocycles. The van der Waals surface area contributed by atoms with Gasteiger partial charge in [0, 0.05) is 18.3 Å². The Hall–Kier alpha value is -3.06. The summed E-state index contributed by atoms with van der Waals surface area (Å²) < 4.78 is 0. The van der Waals surface area contributed by atoms with Crippen molar-refractivity contribution in [2.45, 2.75) is 6.92 Å². The first-order valence-corrected chi connectivity index (χ1v) is 7.24. The predicted octanol–water partition coefficient (Wildman–Crippen LogP) is 2.02. The molecule has 0 atom stereocenters. The number of nitrogens with zero attached hydrogens (tertiary/aromatic N) is 1. The summed E-state index contributed by atoms with van der Waals surface area (Å²) in [4.78, 5) is 37.0. The molecule has 0 saturated carbocycles. The molecule has 3 amide bonds. The van der Waals surface area contributed by atoms with Crippen LogP contribution in [0, 0.1) is 0 Å². The molecular formula is C16H15ClN4O3. The molecule has 0 radical (unpaired) electrons. The number of imide groups is 1. The van der Waals surface area contributed by atoms with Gasteiger partial charge in [0.05, 0.1) is 16.4 Å². The standard InChI is InChI=1S/C16H15ClN4O3/c1-9(22)21(12-4-2-3-10(18)7-12)16(24)15(23)20-11-5-6-14(19)13(17)8-11/h2-8H,18-19H2,1H3,(H,20,23). The van der Waals surface area contributed by atoms with Gasteiger partial charge in [0.15, 0.2) is 0 Å². The average molecular weight is 347 g/mol. The van der Waals surface area contributed by atoms with E-state index < -0.39 is 17.7 Å². The van der Waals surface area contributed by atoms with Gasteiger partial charge in [-0.1, -0.05) is 17.7 Å². The highest BCUT2D eigenvalue weighted by molar-refractivity contribution is 6.48. The Morgan fingerprint density at radius 2 is 1.79 bits per heavy atom. The van der Waals surface area contributed by atoms with Crippen LogP contribution in [0.4, 0.5) is 22.7 Å². The maximum absolute atomic E-state index is 12.3. The highest BCUT2D eigenvalue weighted by Crippen LogP contribution is 2.23. The Bertz CT molecular complexity index is 823. The maximum Gasteiger partial charge on any atom is 0.323 e. The van der Waals surface area contributed by atoms with Crippen molar-refractivity contribution >= 4 is 52.1 Å². The smallest absolute Gasteiger partial charge is 0.323 e. The molecule has 0 fully saturated rings. The fraction of sp³-hybridized carbons (Fsp3) is 0.0625. The molecule has 124 valence electrons. The zero-order chi connectivity index (χ0) is 17.9. The number of amides is 3. The number of nitrogens with two attached hydrogens (primary N) is 2. The van der Waals surface area contributed by atoms with Crippen LogP contribution in [0.5, 0.6) is 0 Å². The second-order valence-corrected chi connectivity index (χ2v) is 5.35. The molecule has 0 aliphatic heterocycles. The molecule has 7 nitrogen and oxygen atoms in total. The van der Waals surface area contributed by atoms with Crippen LogP contribution in [0.1, 0.15) is 6.92 Å². The third-order valence-electron chi connectivity index (χ3n) is 3.10. The molecule has 2 aromatic rings. The number of nitrogens with one attached hydrogen (secondary N) is 1. The first-order chi connectivity index (χ1) is 11.3. The molecule has 0 spiro atoms. The van der Waals surface area contributed by atoms with Crippen LogP contribution in [-0.4, -0.2) is 17.7 Å². The van der Waals surface area contributed by atoms with Gasteiger partial charge in [-0.3, -0.25) is 14.4 Å². The number of carbonyl (C=O) groups excluding carboxylic acids is 3. The van der Waals surface area contributed by atoms with Gasteiger partial charge in [-0.25, -0.2) is 4.90 Å². The Balaban J connectivity index is 2.24. The topological polar surface area (TPSA) is 119 Å². The van der Waals surface area contributed by atoms with Crippen LogP contribution in [0.15, 0.2) is 42.5 Å². The Labute approximate surface area is 143 Å². The molecule has 0 aromatic heterocycles. The number of benzene rings is 2. The van der Waals surface area contributed by atoms with Gasteiger partial charge in [-0.2, -0.15) is 0 Å². The predicted molar refractivity (Wildman–Crippen MR) is 93.5 cm³/mol. The summed E-state index contributed by atoms with van der Waals surface area (Å²) in [5.74, 6) is -2.65. The lowest BCUT2D eigenvalue weighted by Gasteiger charge is -2.19. The van der Waals surface area contributed by atoms with Gasteiger partial charge in [0.25, 0.3) is 0 Å². The molecule has 2 rings (SSSR count). The molecule has 24 heavy (non-hydrogen) atoms. The van der Waals surface area contributed by atoms with Crippen molar-refractivity contribution in [2.24, 2.45) is 0 Å². The molecule has 2 aromatic carbocycles. The SMILES string of the molecule is CC(=O)N(C(=O)C(=O)Nc1ccc(N)c(Cl)c1)c1cccc(N)c1. The van der Waals surface area contributed by atoms with E-state index in [1.54, 1.807) is 12.1 Å². The fourth-order valence-electron chi connectivity index (χ4n) is 2.00. The van der Waals surface area contributed by atoms with E-state index in [1.165, 1.54) is 37.3 Å². The minimum absolute atomic E-state index is 0.206. The van der Waals surface area contributed by atoms with Crippen LogP contribution in [0.25, 0.3) is 0 Å². The van der Waals surface area contributed by atoms with Crippen molar-refractivity contribution in [3.05, 3.63) is 47.5 Å². The average Bonchev–Trinajstić information content (AvgIpc) is 2.50. The number of nitrogen functional groups attached to an aromatic ring is 2. The Kier molecular flexibility index (Phi) is 5.05. The first-order valence-electron chi connectivity index (χ1n) is 6.86. The van der Waals surface area contributed by atoms with E-state index in [0.29, 0.717) is 11.4 Å². The molecule has 0 bridgehead atoms. The molecule has 0 saturated heterocycles. The lowest BCUT2D eigenvalue weighted by Crippen LogP contribution is -2.42. The van der Waals surface area contributed by atoms with Gasteiger partial charge in [0.2, 0.25) is 5.91 Å². The van der Waals surface area contributed by atoms with Gasteiger partial charge >= 0.3 is 11.8 Å². The van der Waals surface area contributed by atoms with E-state index in [4.69, 9.17) is 23.1 Å². The summed E-state index contributed by atoms with van der Waals surface area (Å²) in [5.41, 5.74) is 12.4. The summed E-state index contributed by atoms with van der Waals surface area (Å²) in [6.07, 6.45) is 0. The lowest BCUT2D eigenvalue weighted by molar-refractivity contribution is -0.136. The lowest BCUT2D eigenvalue weighted by atomic mass is 10.2. The van der Waals surface area contributed by atoms with Crippen molar-refractivity contribution in [2.75, 3.05) is 21.7 Å². The molecule has 0 aliphatic carbocycles. The first kappa shape index (κ1) is 17.3. The second kappa shape index (κ2) is 7.01. The maximum atomic E-state index is 12.3. The quantitative estimate of drug-likeness (QED) is 0.568. The summed E-state index contributed by atoms with van der Waals surface area (Å²) in [6, 6.07) is 10.5. The normalized spacial score (nSPS) is 10.1. The minimum atomic E-state index is -1.04. The number of rotatable bonds is 2. The molecule has 0 aliphatic rings.